The summed E-state index contributed by atoms with van der Waals surface area (Å²) >= 11 is 0. The molecule has 0 radical (unpaired) electrons. The van der Waals surface area contributed by atoms with Crippen molar-refractivity contribution in [3.8, 4) is 28.6 Å². The average molecular weight is 421 g/mol. The highest BCUT2D eigenvalue weighted by Crippen LogP contribution is 2.42. The average Bonchev–Trinajstić information content (AvgIpc) is 2.67. The van der Waals surface area contributed by atoms with Crippen LogP contribution >= 0.6 is 0 Å². The van der Waals surface area contributed by atoms with Crippen LogP contribution in [0.2, 0.25) is 0 Å². The van der Waals surface area contributed by atoms with Gasteiger partial charge in [-0.3, -0.25) is 14.3 Å². The molecule has 0 aliphatic carbocycles. The Labute approximate surface area is 168 Å². The number of aromatic amines is 1. The topological polar surface area (TPSA) is 86.2 Å². The Bertz CT molecular complexity index is 1200. The minimum absolute atomic E-state index is 0.106. The fourth-order valence-electron chi connectivity index (χ4n) is 3.13. The standard InChI is InChI=1S/C20H18F3N3O4/c1-10-9-12(30-18-15(20(21,22)23)14(29-4)7-8-24-18)5-6-13(10)16-11(2)17(27)25-19(28)26(16)3/h5-9H,1-4H3,(H,25,27,28). The van der Waals surface area contributed by atoms with Crippen molar-refractivity contribution in [1.82, 2.24) is 14.5 Å². The normalized spacial score (nSPS) is 11.4. The van der Waals surface area contributed by atoms with E-state index in [4.69, 9.17) is 9.47 Å². The number of methoxy groups -OCH3 is 1. The number of pyridine rings is 1. The number of alkyl halides is 3. The number of nitrogens with one attached hydrogen (secondary N) is 1. The number of hydrogen-bond acceptors (Lipinski definition) is 5. The van der Waals surface area contributed by atoms with Crippen molar-refractivity contribution < 1.29 is 22.6 Å². The zero-order valence-electron chi connectivity index (χ0n) is 16.5. The maximum absolute atomic E-state index is 13.5. The van der Waals surface area contributed by atoms with Crippen molar-refractivity contribution in [2.24, 2.45) is 7.05 Å². The molecule has 3 aromatic rings. The second-order valence-electron chi connectivity index (χ2n) is 6.56. The van der Waals surface area contributed by atoms with Gasteiger partial charge < -0.3 is 9.47 Å². The highest BCUT2D eigenvalue weighted by molar-refractivity contribution is 5.67. The summed E-state index contributed by atoms with van der Waals surface area (Å²) in [6.07, 6.45) is -3.58. The molecular formula is C20H18F3N3O4. The molecule has 0 fully saturated rings. The number of ether oxygens (including phenoxy) is 2. The Kier molecular flexibility index (Phi) is 5.43. The van der Waals surface area contributed by atoms with E-state index in [1.807, 2.05) is 0 Å². The number of halogens is 3. The van der Waals surface area contributed by atoms with Crippen LogP contribution in [0.25, 0.3) is 11.3 Å². The fourth-order valence-corrected chi connectivity index (χ4v) is 3.13. The van der Waals surface area contributed by atoms with Gasteiger partial charge in [0.1, 0.15) is 11.5 Å². The maximum Gasteiger partial charge on any atom is 0.425 e. The molecule has 0 atom stereocenters. The van der Waals surface area contributed by atoms with Crippen LogP contribution in [0.3, 0.4) is 0 Å². The SMILES string of the molecule is COc1ccnc(Oc2ccc(-c3c(C)c(=O)[nH]c(=O)n3C)c(C)c2)c1C(F)(F)F. The molecule has 158 valence electrons. The summed E-state index contributed by atoms with van der Waals surface area (Å²) in [6.45, 7) is 3.27. The van der Waals surface area contributed by atoms with Gasteiger partial charge in [0.05, 0.1) is 12.8 Å². The van der Waals surface area contributed by atoms with E-state index in [0.717, 1.165) is 19.4 Å². The zero-order valence-corrected chi connectivity index (χ0v) is 16.5. The third-order valence-corrected chi connectivity index (χ3v) is 4.61. The number of nitrogens with zero attached hydrogens (tertiary/aromatic N) is 2. The van der Waals surface area contributed by atoms with E-state index in [0.29, 0.717) is 22.4 Å². The van der Waals surface area contributed by atoms with Crippen molar-refractivity contribution in [2.75, 3.05) is 7.11 Å². The molecular weight excluding hydrogens is 403 g/mol. The second kappa shape index (κ2) is 7.69. The smallest absolute Gasteiger partial charge is 0.425 e. The summed E-state index contributed by atoms with van der Waals surface area (Å²) in [4.78, 5) is 29.8. The van der Waals surface area contributed by atoms with Crippen molar-refractivity contribution in [2.45, 2.75) is 20.0 Å². The number of benzene rings is 1. The number of rotatable bonds is 4. The Morgan fingerprint density at radius 3 is 2.43 bits per heavy atom. The number of H-pyrrole nitrogens is 1. The van der Waals surface area contributed by atoms with Crippen molar-refractivity contribution >= 4 is 0 Å². The predicted octanol–water partition coefficient (Wildman–Crippen LogP) is 3.57. The molecule has 7 nitrogen and oxygen atoms in total. The first kappa shape index (κ1) is 21.2. The van der Waals surface area contributed by atoms with Gasteiger partial charge in [-0.2, -0.15) is 13.2 Å². The monoisotopic (exact) mass is 421 g/mol. The lowest BCUT2D eigenvalue weighted by Crippen LogP contribution is -2.31. The van der Waals surface area contributed by atoms with Gasteiger partial charge in [0.2, 0.25) is 5.88 Å². The van der Waals surface area contributed by atoms with Crippen LogP contribution < -0.4 is 20.7 Å². The Morgan fingerprint density at radius 1 is 1.13 bits per heavy atom. The van der Waals surface area contributed by atoms with Gasteiger partial charge >= 0.3 is 11.9 Å². The predicted molar refractivity (Wildman–Crippen MR) is 103 cm³/mol. The van der Waals surface area contributed by atoms with Gasteiger partial charge in [0.15, 0.2) is 5.56 Å². The molecule has 0 saturated carbocycles. The molecule has 0 aliphatic rings. The molecule has 0 amide bonds. The van der Waals surface area contributed by atoms with Crippen LogP contribution in [-0.2, 0) is 13.2 Å². The molecule has 1 N–H and O–H groups in total. The third-order valence-electron chi connectivity index (χ3n) is 4.61. The van der Waals surface area contributed by atoms with Crippen LogP contribution in [-0.4, -0.2) is 21.6 Å². The van der Waals surface area contributed by atoms with Gasteiger partial charge in [-0.05, 0) is 43.7 Å². The summed E-state index contributed by atoms with van der Waals surface area (Å²) < 4.78 is 51.9. The molecule has 30 heavy (non-hydrogen) atoms. The zero-order chi connectivity index (χ0) is 22.2. The van der Waals surface area contributed by atoms with Crippen molar-refractivity contribution in [3.05, 3.63) is 68.0 Å². The van der Waals surface area contributed by atoms with Gasteiger partial charge in [0, 0.05) is 24.4 Å². The van der Waals surface area contributed by atoms with Crippen LogP contribution in [0.5, 0.6) is 17.4 Å². The lowest BCUT2D eigenvalue weighted by Gasteiger charge is -2.17. The molecule has 2 aromatic heterocycles. The summed E-state index contributed by atoms with van der Waals surface area (Å²) in [5.74, 6) is -0.946. The summed E-state index contributed by atoms with van der Waals surface area (Å²) in [5, 5.41) is 0. The molecule has 0 saturated heterocycles. The molecule has 10 heteroatoms. The van der Waals surface area contributed by atoms with Crippen LogP contribution in [0.4, 0.5) is 13.2 Å². The molecule has 0 unspecified atom stereocenters. The van der Waals surface area contributed by atoms with Crippen molar-refractivity contribution in [1.29, 1.82) is 0 Å². The molecule has 0 aliphatic heterocycles. The maximum atomic E-state index is 13.5. The first-order valence-corrected chi connectivity index (χ1v) is 8.73. The van der Waals surface area contributed by atoms with E-state index < -0.39 is 34.6 Å². The van der Waals surface area contributed by atoms with Crippen LogP contribution in [0.15, 0.2) is 40.1 Å². The Hall–Kier alpha value is -3.56. The van der Waals surface area contributed by atoms with E-state index in [1.54, 1.807) is 19.9 Å². The lowest BCUT2D eigenvalue weighted by atomic mass is 10.0. The van der Waals surface area contributed by atoms with E-state index in [9.17, 15) is 22.8 Å². The minimum atomic E-state index is -4.73. The molecule has 2 heterocycles. The minimum Gasteiger partial charge on any atom is -0.496 e. The first-order valence-electron chi connectivity index (χ1n) is 8.73. The van der Waals surface area contributed by atoms with E-state index in [1.165, 1.54) is 23.7 Å². The summed E-state index contributed by atoms with van der Waals surface area (Å²) in [7, 11) is 2.64. The molecule has 3 rings (SSSR count). The molecule has 1 aromatic carbocycles. The second-order valence-corrected chi connectivity index (χ2v) is 6.56. The quantitative estimate of drug-likeness (QED) is 0.696. The fraction of sp³-hybridized carbons (Fsp3) is 0.250. The van der Waals surface area contributed by atoms with Gasteiger partial charge in [0.25, 0.3) is 5.56 Å². The number of aryl methyl sites for hydroxylation is 1. The van der Waals surface area contributed by atoms with E-state index in [2.05, 4.69) is 9.97 Å². The highest BCUT2D eigenvalue weighted by Gasteiger charge is 2.39. The largest absolute Gasteiger partial charge is 0.496 e. The van der Waals surface area contributed by atoms with Crippen LogP contribution in [0.1, 0.15) is 16.7 Å². The Balaban J connectivity index is 2.08. The molecule has 0 spiro atoms. The van der Waals surface area contributed by atoms with E-state index >= 15 is 0 Å². The number of aromatic nitrogens is 3. The van der Waals surface area contributed by atoms with Gasteiger partial charge in [-0.25, -0.2) is 9.78 Å². The lowest BCUT2D eigenvalue weighted by molar-refractivity contribution is -0.140. The Morgan fingerprint density at radius 2 is 1.83 bits per heavy atom. The summed E-state index contributed by atoms with van der Waals surface area (Å²) in [5.41, 5.74) is -0.306. The summed E-state index contributed by atoms with van der Waals surface area (Å²) in [6, 6.07) is 5.61. The first-order chi connectivity index (χ1) is 14.0. The third kappa shape index (κ3) is 3.80. The van der Waals surface area contributed by atoms with Gasteiger partial charge in [-0.15, -0.1) is 0 Å². The van der Waals surface area contributed by atoms with E-state index in [-0.39, 0.29) is 5.75 Å². The molecule has 0 bridgehead atoms. The van der Waals surface area contributed by atoms with Crippen LogP contribution in [0, 0.1) is 13.8 Å². The number of hydrogen-bond donors (Lipinski definition) is 1. The van der Waals surface area contributed by atoms with Gasteiger partial charge in [-0.1, -0.05) is 0 Å². The van der Waals surface area contributed by atoms with Crippen molar-refractivity contribution in [3.63, 3.8) is 0 Å². The highest BCUT2D eigenvalue weighted by atomic mass is 19.4.